The summed E-state index contributed by atoms with van der Waals surface area (Å²) in [7, 11) is 0. The SMILES string of the molecule is O=C(Nc1c(F)cc(F)cc1F)c1cc(F)ccc1Br. The lowest BCUT2D eigenvalue weighted by molar-refractivity contribution is 0.102. The maximum absolute atomic E-state index is 13.4. The van der Waals surface area contributed by atoms with Crippen molar-refractivity contribution in [2.24, 2.45) is 0 Å². The highest BCUT2D eigenvalue weighted by Crippen LogP contribution is 2.23. The molecule has 7 heteroatoms. The Hall–Kier alpha value is -1.89. The van der Waals surface area contributed by atoms with E-state index in [0.29, 0.717) is 12.1 Å². The van der Waals surface area contributed by atoms with Gasteiger partial charge in [-0.1, -0.05) is 0 Å². The van der Waals surface area contributed by atoms with Crippen LogP contribution in [0.5, 0.6) is 0 Å². The number of carbonyl (C=O) groups excluding carboxylic acids is 1. The summed E-state index contributed by atoms with van der Waals surface area (Å²) < 4.78 is 52.8. The van der Waals surface area contributed by atoms with Gasteiger partial charge in [0, 0.05) is 16.6 Å². The minimum Gasteiger partial charge on any atom is -0.317 e. The van der Waals surface area contributed by atoms with Crippen molar-refractivity contribution in [1.82, 2.24) is 0 Å². The lowest BCUT2D eigenvalue weighted by Crippen LogP contribution is -2.15. The Morgan fingerprint density at radius 3 is 2.15 bits per heavy atom. The van der Waals surface area contributed by atoms with E-state index >= 15 is 0 Å². The Morgan fingerprint density at radius 2 is 1.55 bits per heavy atom. The first-order valence-corrected chi connectivity index (χ1v) is 6.08. The lowest BCUT2D eigenvalue weighted by Gasteiger charge is -2.09. The van der Waals surface area contributed by atoms with Crippen LogP contribution in [0.1, 0.15) is 10.4 Å². The van der Waals surface area contributed by atoms with Gasteiger partial charge in [0.15, 0.2) is 11.6 Å². The van der Waals surface area contributed by atoms with Gasteiger partial charge in [-0.2, -0.15) is 0 Å². The van der Waals surface area contributed by atoms with E-state index in [1.54, 1.807) is 0 Å². The van der Waals surface area contributed by atoms with Crippen molar-refractivity contribution in [3.8, 4) is 0 Å². The molecular formula is C13H6BrF4NO. The molecule has 0 radical (unpaired) electrons. The van der Waals surface area contributed by atoms with E-state index < -0.39 is 34.9 Å². The molecule has 0 spiro atoms. The van der Waals surface area contributed by atoms with Crippen LogP contribution in [-0.2, 0) is 0 Å². The number of halogens is 5. The van der Waals surface area contributed by atoms with Gasteiger partial charge in [-0.25, -0.2) is 17.6 Å². The van der Waals surface area contributed by atoms with E-state index in [1.807, 2.05) is 5.32 Å². The highest BCUT2D eigenvalue weighted by molar-refractivity contribution is 9.10. The van der Waals surface area contributed by atoms with Crippen LogP contribution in [0, 0.1) is 23.3 Å². The number of hydrogen-bond acceptors (Lipinski definition) is 1. The van der Waals surface area contributed by atoms with Crippen LogP contribution in [0.25, 0.3) is 0 Å². The summed E-state index contributed by atoms with van der Waals surface area (Å²) in [5.41, 5.74) is -0.944. The second-order valence-electron chi connectivity index (χ2n) is 3.82. The minimum absolute atomic E-state index is 0.145. The van der Waals surface area contributed by atoms with Crippen LogP contribution in [-0.4, -0.2) is 5.91 Å². The van der Waals surface area contributed by atoms with Crippen LogP contribution in [0.3, 0.4) is 0 Å². The van der Waals surface area contributed by atoms with Gasteiger partial charge in [-0.3, -0.25) is 4.79 Å². The quantitative estimate of drug-likeness (QED) is 0.808. The van der Waals surface area contributed by atoms with Gasteiger partial charge in [0.25, 0.3) is 5.91 Å². The average molecular weight is 348 g/mol. The fourth-order valence-electron chi connectivity index (χ4n) is 1.51. The fourth-order valence-corrected chi connectivity index (χ4v) is 1.94. The van der Waals surface area contributed by atoms with Crippen LogP contribution in [0.2, 0.25) is 0 Å². The molecule has 0 aliphatic heterocycles. The average Bonchev–Trinajstić information content (AvgIpc) is 2.36. The molecule has 0 bridgehead atoms. The highest BCUT2D eigenvalue weighted by atomic mass is 79.9. The van der Waals surface area contributed by atoms with Crippen LogP contribution in [0.4, 0.5) is 23.2 Å². The highest BCUT2D eigenvalue weighted by Gasteiger charge is 2.17. The van der Waals surface area contributed by atoms with Crippen molar-refractivity contribution in [2.75, 3.05) is 5.32 Å². The van der Waals surface area contributed by atoms with Gasteiger partial charge < -0.3 is 5.32 Å². The number of carbonyl (C=O) groups is 1. The molecule has 1 N–H and O–H groups in total. The summed E-state index contributed by atoms with van der Waals surface area (Å²) >= 11 is 3.02. The smallest absolute Gasteiger partial charge is 0.257 e. The van der Waals surface area contributed by atoms with Crippen molar-refractivity contribution in [1.29, 1.82) is 0 Å². The third-order valence-electron chi connectivity index (χ3n) is 2.42. The maximum Gasteiger partial charge on any atom is 0.257 e. The van der Waals surface area contributed by atoms with Gasteiger partial charge in [-0.15, -0.1) is 0 Å². The molecule has 2 aromatic rings. The number of benzene rings is 2. The molecule has 2 nitrogen and oxygen atoms in total. The van der Waals surface area contributed by atoms with Crippen LogP contribution < -0.4 is 5.32 Å². The summed E-state index contributed by atoms with van der Waals surface area (Å²) in [5, 5.41) is 1.94. The third-order valence-corrected chi connectivity index (χ3v) is 3.11. The molecular weight excluding hydrogens is 342 g/mol. The Morgan fingerprint density at radius 1 is 0.950 bits per heavy atom. The predicted octanol–water partition coefficient (Wildman–Crippen LogP) is 4.26. The Bertz CT molecular complexity index is 667. The number of anilines is 1. The van der Waals surface area contributed by atoms with E-state index in [1.165, 1.54) is 6.07 Å². The summed E-state index contributed by atoms with van der Waals surface area (Å²) in [6.07, 6.45) is 0. The molecule has 0 aliphatic carbocycles. The van der Waals surface area contributed by atoms with Crippen LogP contribution >= 0.6 is 15.9 Å². The molecule has 0 unspecified atom stereocenters. The summed E-state index contributed by atoms with van der Waals surface area (Å²) in [6, 6.07) is 4.15. The molecule has 0 saturated carbocycles. The molecule has 0 saturated heterocycles. The van der Waals surface area contributed by atoms with Crippen LogP contribution in [0.15, 0.2) is 34.8 Å². The Balaban J connectivity index is 2.35. The van der Waals surface area contributed by atoms with Gasteiger partial charge in [0.1, 0.15) is 17.3 Å². The molecule has 2 aromatic carbocycles. The van der Waals surface area contributed by atoms with E-state index in [2.05, 4.69) is 15.9 Å². The molecule has 0 atom stereocenters. The normalized spacial score (nSPS) is 10.4. The fraction of sp³-hybridized carbons (Fsp3) is 0. The molecule has 0 fully saturated rings. The van der Waals surface area contributed by atoms with Crippen molar-refractivity contribution in [3.05, 3.63) is 63.6 Å². The zero-order chi connectivity index (χ0) is 14.9. The van der Waals surface area contributed by atoms with E-state index in [4.69, 9.17) is 0 Å². The van der Waals surface area contributed by atoms with E-state index in [0.717, 1.165) is 12.1 Å². The minimum atomic E-state index is -1.26. The third kappa shape index (κ3) is 2.98. The zero-order valence-electron chi connectivity index (χ0n) is 9.68. The number of rotatable bonds is 2. The van der Waals surface area contributed by atoms with Gasteiger partial charge in [0.05, 0.1) is 5.56 Å². The predicted molar refractivity (Wildman–Crippen MR) is 68.4 cm³/mol. The monoisotopic (exact) mass is 347 g/mol. The van der Waals surface area contributed by atoms with Crippen molar-refractivity contribution in [2.45, 2.75) is 0 Å². The topological polar surface area (TPSA) is 29.1 Å². The first-order chi connectivity index (χ1) is 9.38. The molecule has 0 heterocycles. The number of nitrogens with one attached hydrogen (secondary N) is 1. The van der Waals surface area contributed by atoms with Gasteiger partial charge in [-0.05, 0) is 34.1 Å². The van der Waals surface area contributed by atoms with Crippen molar-refractivity contribution in [3.63, 3.8) is 0 Å². The zero-order valence-corrected chi connectivity index (χ0v) is 11.3. The molecule has 0 aliphatic rings. The molecule has 20 heavy (non-hydrogen) atoms. The van der Waals surface area contributed by atoms with E-state index in [9.17, 15) is 22.4 Å². The molecule has 1 amide bonds. The first kappa shape index (κ1) is 14.5. The molecule has 0 aromatic heterocycles. The van der Waals surface area contributed by atoms with E-state index in [-0.39, 0.29) is 10.0 Å². The standard InChI is InChI=1S/C13H6BrF4NO/c14-9-2-1-6(15)3-8(9)13(20)19-12-10(17)4-7(16)5-11(12)18/h1-5H,(H,19,20). The lowest BCUT2D eigenvalue weighted by atomic mass is 10.2. The largest absolute Gasteiger partial charge is 0.317 e. The summed E-state index contributed by atoms with van der Waals surface area (Å²) in [4.78, 5) is 11.8. The second-order valence-corrected chi connectivity index (χ2v) is 4.68. The summed E-state index contributed by atoms with van der Waals surface area (Å²) in [5.74, 6) is -5.24. The van der Waals surface area contributed by atoms with Crippen molar-refractivity contribution < 1.29 is 22.4 Å². The van der Waals surface area contributed by atoms with Gasteiger partial charge >= 0.3 is 0 Å². The van der Waals surface area contributed by atoms with Crippen molar-refractivity contribution >= 4 is 27.5 Å². The Kier molecular flexibility index (Phi) is 4.08. The number of amides is 1. The maximum atomic E-state index is 13.4. The number of hydrogen-bond donors (Lipinski definition) is 1. The first-order valence-electron chi connectivity index (χ1n) is 5.29. The Labute approximate surface area is 119 Å². The van der Waals surface area contributed by atoms with Gasteiger partial charge in [0.2, 0.25) is 0 Å². The molecule has 2 rings (SSSR count). The summed E-state index contributed by atoms with van der Waals surface area (Å²) in [6.45, 7) is 0. The molecule has 104 valence electrons. The second kappa shape index (κ2) is 5.62.